The summed E-state index contributed by atoms with van der Waals surface area (Å²) < 4.78 is 31.9. The SMILES string of the molecule is CS(=O)(=O)N1CCN(Cc2csc3c(-c4cccc5[nH]ncc45)nc(N4CCOCC4)nc23)CC1. The monoisotopic (exact) mass is 513 g/mol. The molecule has 2 aliphatic rings. The Kier molecular flexibility index (Phi) is 5.93. The number of anilines is 1. The quantitative estimate of drug-likeness (QED) is 0.433. The molecule has 0 amide bonds. The minimum Gasteiger partial charge on any atom is -0.378 e. The number of sulfonamides is 1. The normalized spacial score (nSPS) is 18.6. The second kappa shape index (κ2) is 9.10. The van der Waals surface area contributed by atoms with E-state index in [1.165, 1.54) is 6.26 Å². The Bertz CT molecular complexity index is 1470. The van der Waals surface area contributed by atoms with Crippen molar-refractivity contribution in [3.8, 4) is 11.3 Å². The van der Waals surface area contributed by atoms with Gasteiger partial charge in [0, 0.05) is 62.3 Å². The van der Waals surface area contributed by atoms with E-state index in [-0.39, 0.29) is 0 Å². The first-order chi connectivity index (χ1) is 17.0. The number of nitrogens with zero attached hydrogens (tertiary/aromatic N) is 6. The zero-order valence-corrected chi connectivity index (χ0v) is 21.1. The molecule has 0 radical (unpaired) electrons. The predicted octanol–water partition coefficient (Wildman–Crippen LogP) is 2.15. The number of rotatable bonds is 5. The number of hydrogen-bond donors (Lipinski definition) is 1. The fourth-order valence-corrected chi connectivity index (χ4v) is 6.62. The van der Waals surface area contributed by atoms with Crippen molar-refractivity contribution in [2.45, 2.75) is 6.54 Å². The van der Waals surface area contributed by atoms with Gasteiger partial charge in [0.25, 0.3) is 0 Å². The largest absolute Gasteiger partial charge is 0.378 e. The van der Waals surface area contributed by atoms with Crippen LogP contribution in [0.2, 0.25) is 0 Å². The van der Waals surface area contributed by atoms with Gasteiger partial charge in [-0.25, -0.2) is 18.4 Å². The van der Waals surface area contributed by atoms with Crippen molar-refractivity contribution in [1.82, 2.24) is 29.4 Å². The summed E-state index contributed by atoms with van der Waals surface area (Å²) in [7, 11) is -3.15. The molecule has 0 saturated carbocycles. The summed E-state index contributed by atoms with van der Waals surface area (Å²) in [6, 6.07) is 6.13. The Morgan fingerprint density at radius 3 is 2.66 bits per heavy atom. The number of hydrogen-bond acceptors (Lipinski definition) is 9. The highest BCUT2D eigenvalue weighted by molar-refractivity contribution is 7.88. The van der Waals surface area contributed by atoms with Crippen LogP contribution in [-0.2, 0) is 21.3 Å². The third-order valence-corrected chi connectivity index (χ3v) is 9.03. The standard InChI is InChI=1S/C23H27N7O3S2/c1-35(31,32)30-7-5-28(6-8-30)14-16-15-34-22-20(16)25-23(29-9-11-33-12-10-29)26-21(22)17-3-2-4-19-18(17)13-24-27-19/h2-4,13,15H,5-12,14H2,1H3,(H,24,27). The molecule has 4 aromatic rings. The fraction of sp³-hybridized carbons (Fsp3) is 0.435. The van der Waals surface area contributed by atoms with Gasteiger partial charge < -0.3 is 9.64 Å². The number of fused-ring (bicyclic) bond motifs is 2. The van der Waals surface area contributed by atoms with Gasteiger partial charge in [0.15, 0.2) is 0 Å². The van der Waals surface area contributed by atoms with Crippen molar-refractivity contribution in [2.75, 3.05) is 63.6 Å². The van der Waals surface area contributed by atoms with Crippen LogP contribution in [0.25, 0.3) is 32.4 Å². The first-order valence-electron chi connectivity index (χ1n) is 11.7. The van der Waals surface area contributed by atoms with Crippen molar-refractivity contribution in [1.29, 1.82) is 0 Å². The summed E-state index contributed by atoms with van der Waals surface area (Å²) in [4.78, 5) is 14.6. The summed E-state index contributed by atoms with van der Waals surface area (Å²) >= 11 is 1.66. The van der Waals surface area contributed by atoms with Gasteiger partial charge in [-0.1, -0.05) is 12.1 Å². The maximum Gasteiger partial charge on any atom is 0.226 e. The van der Waals surface area contributed by atoms with Gasteiger partial charge in [-0.15, -0.1) is 11.3 Å². The van der Waals surface area contributed by atoms with Crippen LogP contribution < -0.4 is 4.90 Å². The van der Waals surface area contributed by atoms with E-state index in [2.05, 4.69) is 31.4 Å². The average molecular weight is 514 g/mol. The van der Waals surface area contributed by atoms with Crippen LogP contribution in [0.5, 0.6) is 0 Å². The molecule has 10 nitrogen and oxygen atoms in total. The van der Waals surface area contributed by atoms with E-state index < -0.39 is 10.0 Å². The molecular formula is C23H27N7O3S2. The van der Waals surface area contributed by atoms with Crippen molar-refractivity contribution in [2.24, 2.45) is 0 Å². The highest BCUT2D eigenvalue weighted by atomic mass is 32.2. The number of H-pyrrole nitrogens is 1. The average Bonchev–Trinajstić information content (AvgIpc) is 3.51. The van der Waals surface area contributed by atoms with E-state index in [0.717, 1.165) is 63.5 Å². The number of piperazine rings is 1. The van der Waals surface area contributed by atoms with Crippen LogP contribution in [0.1, 0.15) is 5.56 Å². The van der Waals surface area contributed by atoms with Crippen LogP contribution in [0, 0.1) is 0 Å². The Morgan fingerprint density at radius 2 is 1.89 bits per heavy atom. The maximum absolute atomic E-state index is 11.9. The Labute approximate surface area is 207 Å². The number of thiophene rings is 1. The number of aromatic nitrogens is 4. The van der Waals surface area contributed by atoms with E-state index in [4.69, 9.17) is 14.7 Å². The third-order valence-electron chi connectivity index (χ3n) is 6.71. The molecule has 3 aromatic heterocycles. The van der Waals surface area contributed by atoms with Crippen molar-refractivity contribution in [3.05, 3.63) is 35.3 Å². The maximum atomic E-state index is 11.9. The number of nitrogens with one attached hydrogen (secondary N) is 1. The van der Waals surface area contributed by atoms with Crippen molar-refractivity contribution in [3.63, 3.8) is 0 Å². The first kappa shape index (κ1) is 22.8. The molecule has 0 atom stereocenters. The molecular weight excluding hydrogens is 486 g/mol. The molecule has 0 aliphatic carbocycles. The van der Waals surface area contributed by atoms with Gasteiger partial charge in [-0.05, 0) is 11.4 Å². The van der Waals surface area contributed by atoms with Crippen LogP contribution in [0.15, 0.2) is 29.8 Å². The zero-order chi connectivity index (χ0) is 24.0. The van der Waals surface area contributed by atoms with Gasteiger partial charge in [0.1, 0.15) is 0 Å². The summed E-state index contributed by atoms with van der Waals surface area (Å²) in [6.45, 7) is 6.00. The van der Waals surface area contributed by atoms with Crippen LogP contribution in [-0.4, -0.2) is 96.5 Å². The zero-order valence-electron chi connectivity index (χ0n) is 19.5. The van der Waals surface area contributed by atoms with Gasteiger partial charge in [0.2, 0.25) is 16.0 Å². The summed E-state index contributed by atoms with van der Waals surface area (Å²) in [5, 5.41) is 10.5. The molecule has 2 saturated heterocycles. The lowest BCUT2D eigenvalue weighted by molar-refractivity contribution is 0.122. The Balaban J connectivity index is 1.40. The molecule has 2 fully saturated rings. The third kappa shape index (κ3) is 4.40. The molecule has 2 aliphatic heterocycles. The molecule has 0 unspecified atom stereocenters. The van der Waals surface area contributed by atoms with E-state index in [0.29, 0.717) is 39.4 Å². The van der Waals surface area contributed by atoms with E-state index in [1.807, 2.05) is 18.3 Å². The first-order valence-corrected chi connectivity index (χ1v) is 14.4. The number of ether oxygens (including phenoxy) is 1. The lowest BCUT2D eigenvalue weighted by atomic mass is 10.1. The molecule has 12 heteroatoms. The van der Waals surface area contributed by atoms with E-state index in [1.54, 1.807) is 15.6 Å². The smallest absolute Gasteiger partial charge is 0.226 e. The molecule has 6 rings (SSSR count). The molecule has 5 heterocycles. The molecule has 1 aromatic carbocycles. The predicted molar refractivity (Wildman–Crippen MR) is 137 cm³/mol. The topological polar surface area (TPSA) is 108 Å². The minimum absolute atomic E-state index is 0.517. The van der Waals surface area contributed by atoms with E-state index in [9.17, 15) is 8.42 Å². The molecule has 184 valence electrons. The van der Waals surface area contributed by atoms with Gasteiger partial charge in [0.05, 0.1) is 47.1 Å². The van der Waals surface area contributed by atoms with Crippen LogP contribution >= 0.6 is 11.3 Å². The number of morpholine rings is 1. The Hall–Kier alpha value is -2.64. The van der Waals surface area contributed by atoms with Gasteiger partial charge in [-0.3, -0.25) is 10.00 Å². The molecule has 35 heavy (non-hydrogen) atoms. The van der Waals surface area contributed by atoms with Crippen LogP contribution in [0.3, 0.4) is 0 Å². The van der Waals surface area contributed by atoms with Crippen LogP contribution in [0.4, 0.5) is 5.95 Å². The molecule has 1 N–H and O–H groups in total. The molecule has 0 spiro atoms. The summed E-state index contributed by atoms with van der Waals surface area (Å²) in [6.07, 6.45) is 3.13. The van der Waals surface area contributed by atoms with Gasteiger partial charge >= 0.3 is 0 Å². The van der Waals surface area contributed by atoms with Gasteiger partial charge in [-0.2, -0.15) is 9.40 Å². The minimum atomic E-state index is -3.15. The lowest BCUT2D eigenvalue weighted by Gasteiger charge is -2.33. The highest BCUT2D eigenvalue weighted by Gasteiger charge is 2.25. The number of aromatic amines is 1. The number of benzene rings is 1. The fourth-order valence-electron chi connectivity index (χ4n) is 4.79. The second-order valence-electron chi connectivity index (χ2n) is 8.99. The van der Waals surface area contributed by atoms with Crippen molar-refractivity contribution >= 4 is 48.4 Å². The summed E-state index contributed by atoms with van der Waals surface area (Å²) in [5.74, 6) is 0.720. The van der Waals surface area contributed by atoms with Crippen molar-refractivity contribution < 1.29 is 13.2 Å². The Morgan fingerprint density at radius 1 is 1.09 bits per heavy atom. The van der Waals surface area contributed by atoms with E-state index >= 15 is 0 Å². The molecule has 0 bridgehead atoms. The lowest BCUT2D eigenvalue weighted by Crippen LogP contribution is -2.47. The summed E-state index contributed by atoms with van der Waals surface area (Å²) in [5.41, 5.74) is 5.04. The second-order valence-corrected chi connectivity index (χ2v) is 11.8. The highest BCUT2D eigenvalue weighted by Crippen LogP contribution is 2.37.